The summed E-state index contributed by atoms with van der Waals surface area (Å²) in [6, 6.07) is 5.53. The number of benzene rings is 1. The van der Waals surface area contributed by atoms with Crippen LogP contribution in [-0.4, -0.2) is 13.1 Å². The number of halogens is 2. The maximum Gasteiger partial charge on any atom is 0.0612 e. The van der Waals surface area contributed by atoms with Crippen molar-refractivity contribution in [2.24, 2.45) is 11.7 Å². The highest BCUT2D eigenvalue weighted by Gasteiger charge is 2.04. The molecular formula is C11H16Cl2N2. The van der Waals surface area contributed by atoms with Gasteiger partial charge in [0.05, 0.1) is 10.0 Å². The molecule has 0 fully saturated rings. The van der Waals surface area contributed by atoms with E-state index in [1.807, 2.05) is 12.1 Å². The summed E-state index contributed by atoms with van der Waals surface area (Å²) < 4.78 is 0. The van der Waals surface area contributed by atoms with Crippen LogP contribution in [0.5, 0.6) is 0 Å². The van der Waals surface area contributed by atoms with Gasteiger partial charge in [-0.15, -0.1) is 0 Å². The molecule has 0 saturated carbocycles. The van der Waals surface area contributed by atoms with Crippen LogP contribution in [0, 0.1) is 5.92 Å². The molecule has 0 amide bonds. The zero-order chi connectivity index (χ0) is 11.3. The number of anilines is 1. The van der Waals surface area contributed by atoms with Crippen LogP contribution in [0.25, 0.3) is 0 Å². The van der Waals surface area contributed by atoms with Gasteiger partial charge < -0.3 is 11.1 Å². The second-order valence-corrected chi connectivity index (χ2v) is 4.33. The summed E-state index contributed by atoms with van der Waals surface area (Å²) in [4.78, 5) is 0. The first-order valence-corrected chi connectivity index (χ1v) is 5.82. The fourth-order valence-electron chi connectivity index (χ4n) is 1.26. The summed E-state index contributed by atoms with van der Waals surface area (Å²) in [5.74, 6) is 0.499. The van der Waals surface area contributed by atoms with E-state index >= 15 is 0 Å². The van der Waals surface area contributed by atoms with E-state index < -0.39 is 0 Å². The van der Waals surface area contributed by atoms with Gasteiger partial charge in [-0.3, -0.25) is 0 Å². The zero-order valence-corrected chi connectivity index (χ0v) is 10.3. The summed E-state index contributed by atoms with van der Waals surface area (Å²) >= 11 is 11.7. The van der Waals surface area contributed by atoms with Crippen LogP contribution in [0.15, 0.2) is 18.2 Å². The molecule has 3 N–H and O–H groups in total. The van der Waals surface area contributed by atoms with Gasteiger partial charge in [-0.1, -0.05) is 36.5 Å². The lowest BCUT2D eigenvalue weighted by atomic mass is 10.1. The van der Waals surface area contributed by atoms with Gasteiger partial charge >= 0.3 is 0 Å². The van der Waals surface area contributed by atoms with Crippen molar-refractivity contribution >= 4 is 28.9 Å². The number of hydrogen-bond acceptors (Lipinski definition) is 2. The second kappa shape index (κ2) is 6.21. The largest absolute Gasteiger partial charge is 0.385 e. The molecule has 15 heavy (non-hydrogen) atoms. The molecule has 1 rings (SSSR count). The Hall–Kier alpha value is -0.440. The topological polar surface area (TPSA) is 38.0 Å². The monoisotopic (exact) mass is 246 g/mol. The van der Waals surface area contributed by atoms with Crippen molar-refractivity contribution in [1.82, 2.24) is 0 Å². The molecule has 0 aliphatic rings. The van der Waals surface area contributed by atoms with Crippen molar-refractivity contribution in [2.75, 3.05) is 18.4 Å². The minimum Gasteiger partial charge on any atom is -0.385 e. The van der Waals surface area contributed by atoms with Crippen LogP contribution in [0.1, 0.15) is 13.3 Å². The minimum atomic E-state index is 0.499. The lowest BCUT2D eigenvalue weighted by Crippen LogP contribution is -2.21. The molecule has 0 spiro atoms. The third-order valence-corrected chi connectivity index (χ3v) is 3.16. The first-order valence-electron chi connectivity index (χ1n) is 5.06. The SMILES string of the molecule is CCC(CN)CNc1ccc(Cl)c(Cl)c1. The quantitative estimate of drug-likeness (QED) is 0.836. The summed E-state index contributed by atoms with van der Waals surface area (Å²) in [7, 11) is 0. The molecule has 0 aliphatic carbocycles. The molecule has 84 valence electrons. The van der Waals surface area contributed by atoms with Crippen LogP contribution in [0.2, 0.25) is 10.0 Å². The average molecular weight is 247 g/mol. The number of nitrogens with one attached hydrogen (secondary N) is 1. The summed E-state index contributed by atoms with van der Waals surface area (Å²) in [6.07, 6.45) is 1.07. The summed E-state index contributed by atoms with van der Waals surface area (Å²) in [6.45, 7) is 3.70. The molecule has 4 heteroatoms. The third-order valence-electron chi connectivity index (χ3n) is 2.43. The van der Waals surface area contributed by atoms with Crippen molar-refractivity contribution in [2.45, 2.75) is 13.3 Å². The summed E-state index contributed by atoms with van der Waals surface area (Å²) in [5, 5.41) is 4.44. The van der Waals surface area contributed by atoms with Crippen LogP contribution in [0.3, 0.4) is 0 Å². The Labute approximate surface area is 101 Å². The third kappa shape index (κ3) is 3.90. The Morgan fingerprint density at radius 1 is 1.33 bits per heavy atom. The van der Waals surface area contributed by atoms with Gasteiger partial charge in [0.15, 0.2) is 0 Å². The van der Waals surface area contributed by atoms with Gasteiger partial charge in [-0.2, -0.15) is 0 Å². The maximum absolute atomic E-state index is 5.90. The van der Waals surface area contributed by atoms with Crippen LogP contribution >= 0.6 is 23.2 Å². The van der Waals surface area contributed by atoms with Crippen molar-refractivity contribution in [1.29, 1.82) is 0 Å². The van der Waals surface area contributed by atoms with Gasteiger partial charge in [0.25, 0.3) is 0 Å². The van der Waals surface area contributed by atoms with Crippen molar-refractivity contribution < 1.29 is 0 Å². The van der Waals surface area contributed by atoms with Gasteiger partial charge in [0.2, 0.25) is 0 Å². The highest BCUT2D eigenvalue weighted by atomic mass is 35.5. The first kappa shape index (κ1) is 12.6. The average Bonchev–Trinajstić information content (AvgIpc) is 2.24. The molecular weight excluding hydrogens is 231 g/mol. The fourth-order valence-corrected chi connectivity index (χ4v) is 1.56. The van der Waals surface area contributed by atoms with Gasteiger partial charge in [0, 0.05) is 12.2 Å². The van der Waals surface area contributed by atoms with E-state index in [-0.39, 0.29) is 0 Å². The van der Waals surface area contributed by atoms with Gasteiger partial charge in [-0.25, -0.2) is 0 Å². The number of rotatable bonds is 5. The lowest BCUT2D eigenvalue weighted by molar-refractivity contribution is 0.548. The fraction of sp³-hybridized carbons (Fsp3) is 0.455. The molecule has 0 heterocycles. The van der Waals surface area contributed by atoms with E-state index in [2.05, 4.69) is 12.2 Å². The first-order chi connectivity index (χ1) is 7.17. The highest BCUT2D eigenvalue weighted by molar-refractivity contribution is 6.42. The lowest BCUT2D eigenvalue weighted by Gasteiger charge is -2.14. The number of hydrogen-bond donors (Lipinski definition) is 2. The molecule has 0 aromatic heterocycles. The molecule has 0 bridgehead atoms. The molecule has 1 atom stereocenters. The Morgan fingerprint density at radius 3 is 2.60 bits per heavy atom. The Bertz CT molecular complexity index is 311. The van der Waals surface area contributed by atoms with Crippen molar-refractivity contribution in [3.05, 3.63) is 28.2 Å². The van der Waals surface area contributed by atoms with Crippen LogP contribution in [0.4, 0.5) is 5.69 Å². The maximum atomic E-state index is 5.90. The Kier molecular flexibility index (Phi) is 5.23. The van der Waals surface area contributed by atoms with E-state index in [1.165, 1.54) is 0 Å². The van der Waals surface area contributed by atoms with Gasteiger partial charge in [-0.05, 0) is 30.7 Å². The summed E-state index contributed by atoms with van der Waals surface area (Å²) in [5.41, 5.74) is 6.60. The highest BCUT2D eigenvalue weighted by Crippen LogP contribution is 2.25. The van der Waals surface area contributed by atoms with Crippen LogP contribution in [-0.2, 0) is 0 Å². The molecule has 1 aromatic carbocycles. The number of nitrogens with two attached hydrogens (primary N) is 1. The zero-order valence-electron chi connectivity index (χ0n) is 8.76. The Morgan fingerprint density at radius 2 is 2.07 bits per heavy atom. The van der Waals surface area contributed by atoms with Crippen LogP contribution < -0.4 is 11.1 Å². The van der Waals surface area contributed by atoms with E-state index in [0.717, 1.165) is 18.7 Å². The molecule has 2 nitrogen and oxygen atoms in total. The molecule has 0 radical (unpaired) electrons. The predicted molar refractivity (Wildman–Crippen MR) is 67.8 cm³/mol. The van der Waals surface area contributed by atoms with Gasteiger partial charge in [0.1, 0.15) is 0 Å². The van der Waals surface area contributed by atoms with E-state index in [1.54, 1.807) is 6.07 Å². The van der Waals surface area contributed by atoms with E-state index in [0.29, 0.717) is 22.5 Å². The molecule has 0 saturated heterocycles. The molecule has 1 aromatic rings. The standard InChI is InChI=1S/C11H16Cl2N2/c1-2-8(6-14)7-15-9-3-4-10(12)11(13)5-9/h3-5,8,15H,2,6-7,14H2,1H3. The second-order valence-electron chi connectivity index (χ2n) is 3.52. The minimum absolute atomic E-state index is 0.499. The van der Waals surface area contributed by atoms with Crippen molar-refractivity contribution in [3.8, 4) is 0 Å². The molecule has 0 aliphatic heterocycles. The van der Waals surface area contributed by atoms with Crippen molar-refractivity contribution in [3.63, 3.8) is 0 Å². The van der Waals surface area contributed by atoms with E-state index in [4.69, 9.17) is 28.9 Å². The predicted octanol–water partition coefficient (Wildman–Crippen LogP) is 3.39. The van der Waals surface area contributed by atoms with E-state index in [9.17, 15) is 0 Å². The molecule has 1 unspecified atom stereocenters. The normalized spacial score (nSPS) is 12.5. The Balaban J connectivity index is 2.54. The smallest absolute Gasteiger partial charge is 0.0612 e.